The number of carbonyl (C=O) groups excluding carboxylic acids is 6. The molecule has 0 aliphatic heterocycles. The van der Waals surface area contributed by atoms with Crippen molar-refractivity contribution in [2.45, 2.75) is 303 Å². The van der Waals surface area contributed by atoms with Gasteiger partial charge in [0.05, 0.1) is 5.56 Å². The zero-order chi connectivity index (χ0) is 51.7. The molecule has 1 aromatic rings. The summed E-state index contributed by atoms with van der Waals surface area (Å²) >= 11 is 0. The van der Waals surface area contributed by atoms with Gasteiger partial charge in [-0.05, 0) is 44.2 Å². The molecule has 406 valence electrons. The summed E-state index contributed by atoms with van der Waals surface area (Å²) in [5.74, 6) is -3.96. The van der Waals surface area contributed by atoms with Crippen molar-refractivity contribution >= 4 is 35.8 Å². The fourth-order valence-corrected chi connectivity index (χ4v) is 9.05. The third-order valence-electron chi connectivity index (χ3n) is 13.3. The highest BCUT2D eigenvalue weighted by Gasteiger charge is 2.36. The average Bonchev–Trinajstić information content (AvgIpc) is 3.33. The first kappa shape index (κ1) is 63.2. The van der Waals surface area contributed by atoms with E-state index in [9.17, 15) is 28.8 Å². The smallest absolute Gasteiger partial charge is 0.338 e. The molecule has 0 spiro atoms. The normalized spacial score (nSPS) is 15.5. The topological polar surface area (TPSA) is 158 Å². The maximum atomic E-state index is 14.3. The molecule has 0 saturated heterocycles. The Bertz CT molecular complexity index is 1530. The van der Waals surface area contributed by atoms with Gasteiger partial charge < -0.3 is 28.4 Å². The third kappa shape index (κ3) is 31.3. The maximum Gasteiger partial charge on any atom is 0.338 e. The summed E-state index contributed by atoms with van der Waals surface area (Å²) in [6.07, 6.45) is 30.4. The maximum absolute atomic E-state index is 14.3. The quantitative estimate of drug-likeness (QED) is 0.0264. The molecular formula is C59H98O12. The van der Waals surface area contributed by atoms with Crippen molar-refractivity contribution in [3.8, 4) is 17.2 Å². The molecule has 0 aromatic heterocycles. The van der Waals surface area contributed by atoms with Crippen molar-refractivity contribution in [2.75, 3.05) is 0 Å². The second-order valence-corrected chi connectivity index (χ2v) is 20.1. The molecule has 0 amide bonds. The van der Waals surface area contributed by atoms with Crippen LogP contribution in [0.4, 0.5) is 0 Å². The molecule has 12 nitrogen and oxygen atoms in total. The molecule has 1 aliphatic carbocycles. The summed E-state index contributed by atoms with van der Waals surface area (Å²) in [5.41, 5.74) is -0.0992. The summed E-state index contributed by atoms with van der Waals surface area (Å²) in [4.78, 5) is 80.8. The zero-order valence-corrected chi connectivity index (χ0v) is 45.4. The molecule has 0 heterocycles. The van der Waals surface area contributed by atoms with Crippen LogP contribution in [0.2, 0.25) is 0 Å². The number of benzene rings is 1. The Balaban J connectivity index is 2.39. The van der Waals surface area contributed by atoms with E-state index in [1.54, 1.807) is 0 Å². The molecule has 1 saturated carbocycles. The Morgan fingerprint density at radius 3 is 0.901 bits per heavy atom. The van der Waals surface area contributed by atoms with E-state index in [4.69, 9.17) is 28.4 Å². The fraction of sp³-hybridized carbons (Fsp3) is 0.797. The Morgan fingerprint density at radius 2 is 0.592 bits per heavy atom. The third-order valence-corrected chi connectivity index (χ3v) is 13.3. The number of ether oxygens (including phenoxy) is 6. The van der Waals surface area contributed by atoms with Crippen LogP contribution in [0.25, 0.3) is 0 Å². The highest BCUT2D eigenvalue weighted by Crippen LogP contribution is 2.41. The minimum absolute atomic E-state index is 0.0937. The van der Waals surface area contributed by atoms with Crippen molar-refractivity contribution in [1.29, 1.82) is 0 Å². The number of unbranched alkanes of at least 4 members (excludes halogenated alkanes) is 26. The molecule has 1 fully saturated rings. The molecular weight excluding hydrogens is 901 g/mol. The summed E-state index contributed by atoms with van der Waals surface area (Å²) in [7, 11) is 0. The number of rotatable bonds is 43. The van der Waals surface area contributed by atoms with Gasteiger partial charge in [0.25, 0.3) is 0 Å². The van der Waals surface area contributed by atoms with Crippen LogP contribution in [0.5, 0.6) is 17.2 Å². The Kier molecular flexibility index (Phi) is 36.9. The predicted octanol–water partition coefficient (Wildman–Crippen LogP) is 16.1. The van der Waals surface area contributed by atoms with Crippen LogP contribution < -0.4 is 14.2 Å². The van der Waals surface area contributed by atoms with Gasteiger partial charge in [-0.3, -0.25) is 24.0 Å². The molecule has 0 radical (unpaired) electrons. The van der Waals surface area contributed by atoms with Crippen LogP contribution in [0.15, 0.2) is 12.1 Å². The highest BCUT2D eigenvalue weighted by atomic mass is 16.6. The van der Waals surface area contributed by atoms with Gasteiger partial charge in [0.2, 0.25) is 5.75 Å². The van der Waals surface area contributed by atoms with Crippen LogP contribution in [-0.4, -0.2) is 54.1 Å². The molecule has 1 unspecified atom stereocenters. The number of hydrogen-bond acceptors (Lipinski definition) is 12. The van der Waals surface area contributed by atoms with Gasteiger partial charge in [0.15, 0.2) is 11.5 Å². The lowest BCUT2D eigenvalue weighted by molar-refractivity contribution is -0.163. The van der Waals surface area contributed by atoms with Gasteiger partial charge in [0.1, 0.15) is 18.3 Å². The molecule has 1 aromatic carbocycles. The lowest BCUT2D eigenvalue weighted by Crippen LogP contribution is -2.40. The predicted molar refractivity (Wildman–Crippen MR) is 281 cm³/mol. The Morgan fingerprint density at radius 1 is 0.338 bits per heavy atom. The van der Waals surface area contributed by atoms with Gasteiger partial charge in [-0.2, -0.15) is 0 Å². The fourth-order valence-electron chi connectivity index (χ4n) is 9.05. The van der Waals surface area contributed by atoms with E-state index in [0.717, 1.165) is 128 Å². The molecule has 3 atom stereocenters. The number of carbonyl (C=O) groups is 6. The standard InChI is InChI=1S/C59H98O12/c1-6-11-16-21-23-25-30-35-37-53(60)66-48-44-49(67-54(61)38-36-31-26-24-22-17-12-7-2)46-50(45-48)68-59(65)47-42-51(69-55(62)39-32-27-18-13-8-3)58(71-57(64)41-34-29-20-15-10-5)52(43-47)70-56(63)40-33-28-19-14-9-4/h42-43,48-50H,6-41,44-46H2,1-5H3/t48-,49+,50?. The first-order chi connectivity index (χ1) is 34.5. The second kappa shape index (κ2) is 41.5. The van der Waals surface area contributed by atoms with Crippen LogP contribution >= 0.6 is 0 Å². The summed E-state index contributed by atoms with van der Waals surface area (Å²) in [6, 6.07) is 2.57. The van der Waals surface area contributed by atoms with Gasteiger partial charge in [0, 0.05) is 51.4 Å². The van der Waals surface area contributed by atoms with Crippen molar-refractivity contribution in [2.24, 2.45) is 0 Å². The molecule has 0 N–H and O–H groups in total. The molecule has 2 rings (SSSR count). The van der Waals surface area contributed by atoms with Gasteiger partial charge in [-0.15, -0.1) is 0 Å². The van der Waals surface area contributed by atoms with Crippen molar-refractivity contribution in [1.82, 2.24) is 0 Å². The first-order valence-corrected chi connectivity index (χ1v) is 28.9. The van der Waals surface area contributed by atoms with Crippen LogP contribution in [0.1, 0.15) is 295 Å². The van der Waals surface area contributed by atoms with E-state index < -0.39 is 42.2 Å². The van der Waals surface area contributed by atoms with E-state index in [2.05, 4.69) is 34.6 Å². The lowest BCUT2D eigenvalue weighted by Gasteiger charge is -2.34. The van der Waals surface area contributed by atoms with Crippen molar-refractivity contribution in [3.63, 3.8) is 0 Å². The van der Waals surface area contributed by atoms with E-state index in [1.165, 1.54) is 63.5 Å². The van der Waals surface area contributed by atoms with Gasteiger partial charge >= 0.3 is 35.8 Å². The van der Waals surface area contributed by atoms with Crippen LogP contribution in [0, 0.1) is 0 Å². The summed E-state index contributed by atoms with van der Waals surface area (Å²) in [6.45, 7) is 10.7. The molecule has 71 heavy (non-hydrogen) atoms. The lowest BCUT2D eigenvalue weighted by atomic mass is 9.92. The minimum Gasteiger partial charge on any atom is -0.462 e. The van der Waals surface area contributed by atoms with Crippen LogP contribution in [-0.2, 0) is 38.2 Å². The molecule has 0 bridgehead atoms. The second-order valence-electron chi connectivity index (χ2n) is 20.1. The van der Waals surface area contributed by atoms with Gasteiger partial charge in [-0.25, -0.2) is 4.79 Å². The minimum atomic E-state index is -0.826. The number of hydrogen-bond donors (Lipinski definition) is 0. The van der Waals surface area contributed by atoms with Crippen molar-refractivity contribution in [3.05, 3.63) is 17.7 Å². The SMILES string of the molecule is CCCCCCCCCCC(=O)O[C@@H]1CC(OC(=O)c2cc(OC(=O)CCCCCCC)c(OC(=O)CCCCCCC)c(OC(=O)CCCCCCC)c2)C[C@H](OC(=O)CCCCCCCCCC)C1. The summed E-state index contributed by atoms with van der Waals surface area (Å²) in [5, 5.41) is 0. The highest BCUT2D eigenvalue weighted by molar-refractivity contribution is 5.92. The molecule has 12 heteroatoms. The van der Waals surface area contributed by atoms with E-state index in [-0.39, 0.29) is 86.1 Å². The summed E-state index contributed by atoms with van der Waals surface area (Å²) < 4.78 is 35.7. The molecule has 1 aliphatic rings. The van der Waals surface area contributed by atoms with Crippen LogP contribution in [0.3, 0.4) is 0 Å². The largest absolute Gasteiger partial charge is 0.462 e. The first-order valence-electron chi connectivity index (χ1n) is 28.9. The Labute approximate surface area is 429 Å². The van der Waals surface area contributed by atoms with E-state index >= 15 is 0 Å². The van der Waals surface area contributed by atoms with Gasteiger partial charge in [-0.1, -0.05) is 202 Å². The number of esters is 6. The average molecular weight is 999 g/mol. The van der Waals surface area contributed by atoms with Crippen molar-refractivity contribution < 1.29 is 57.2 Å². The monoisotopic (exact) mass is 999 g/mol. The Hall–Kier alpha value is -3.96. The zero-order valence-electron chi connectivity index (χ0n) is 45.4. The van der Waals surface area contributed by atoms with E-state index in [0.29, 0.717) is 19.3 Å². The van der Waals surface area contributed by atoms with E-state index in [1.807, 2.05) is 0 Å².